The van der Waals surface area contributed by atoms with Gasteiger partial charge in [-0.15, -0.1) is 0 Å². The number of hydrogen-bond acceptors (Lipinski definition) is 4. The lowest BCUT2D eigenvalue weighted by molar-refractivity contribution is 0.0692. The molecule has 6 heteroatoms. The number of anilines is 1. The molecule has 0 saturated heterocycles. The van der Waals surface area contributed by atoms with Crippen molar-refractivity contribution in [1.82, 2.24) is 4.98 Å². The molecule has 0 unspecified atom stereocenters. The molecular formula is C19H12N2O3S. The van der Waals surface area contributed by atoms with E-state index in [0.717, 1.165) is 21.0 Å². The molecule has 0 spiro atoms. The van der Waals surface area contributed by atoms with Crippen molar-refractivity contribution in [2.45, 2.75) is 0 Å². The number of aromatic carboxylic acids is 1. The summed E-state index contributed by atoms with van der Waals surface area (Å²) in [7, 11) is 0. The highest BCUT2D eigenvalue weighted by Gasteiger charge is 2.19. The van der Waals surface area contributed by atoms with E-state index in [1.54, 1.807) is 6.07 Å². The number of carbonyl (C=O) groups is 2. The largest absolute Gasteiger partial charge is 0.478 e. The number of carboxylic acids is 1. The van der Waals surface area contributed by atoms with Crippen molar-refractivity contribution in [3.63, 3.8) is 0 Å². The lowest BCUT2D eigenvalue weighted by atomic mass is 10.0. The van der Waals surface area contributed by atoms with Gasteiger partial charge in [0.2, 0.25) is 0 Å². The topological polar surface area (TPSA) is 79.3 Å². The Bertz CT molecular complexity index is 1100. The number of amides is 1. The first kappa shape index (κ1) is 15.3. The summed E-state index contributed by atoms with van der Waals surface area (Å²) in [6, 6.07) is 18.0. The number of aromatic nitrogens is 1. The summed E-state index contributed by atoms with van der Waals surface area (Å²) in [5.74, 6) is -1.62. The third-order valence-corrected chi connectivity index (χ3v) is 4.83. The van der Waals surface area contributed by atoms with E-state index in [4.69, 9.17) is 0 Å². The molecule has 0 bridgehead atoms. The van der Waals surface area contributed by atoms with E-state index in [1.165, 1.54) is 17.4 Å². The molecule has 0 radical (unpaired) electrons. The Kier molecular flexibility index (Phi) is 3.66. The molecule has 2 N–H and O–H groups in total. The van der Waals surface area contributed by atoms with Crippen LogP contribution in [0.15, 0.2) is 60.7 Å². The van der Waals surface area contributed by atoms with Crippen LogP contribution in [0.3, 0.4) is 0 Å². The van der Waals surface area contributed by atoms with E-state index < -0.39 is 11.9 Å². The van der Waals surface area contributed by atoms with Crippen LogP contribution in [0.5, 0.6) is 0 Å². The maximum absolute atomic E-state index is 12.7. The van der Waals surface area contributed by atoms with Gasteiger partial charge in [-0.25, -0.2) is 9.78 Å². The molecule has 0 aliphatic heterocycles. The molecule has 0 aliphatic rings. The van der Waals surface area contributed by atoms with E-state index in [0.29, 0.717) is 5.13 Å². The quantitative estimate of drug-likeness (QED) is 0.575. The van der Waals surface area contributed by atoms with Crippen molar-refractivity contribution < 1.29 is 14.7 Å². The number of carbonyl (C=O) groups excluding carboxylic acids is 1. The fourth-order valence-electron chi connectivity index (χ4n) is 2.70. The zero-order valence-corrected chi connectivity index (χ0v) is 13.7. The Labute approximate surface area is 146 Å². The van der Waals surface area contributed by atoms with Gasteiger partial charge < -0.3 is 5.11 Å². The molecule has 0 atom stereocenters. The van der Waals surface area contributed by atoms with E-state index in [9.17, 15) is 14.7 Å². The SMILES string of the molecule is O=C(O)c1cc2ccccc2cc1C(=O)Nc1nc2ccccc2s1. The van der Waals surface area contributed by atoms with Gasteiger partial charge in [-0.2, -0.15) is 0 Å². The van der Waals surface area contributed by atoms with Gasteiger partial charge in [-0.3, -0.25) is 10.1 Å². The number of hydrogen-bond donors (Lipinski definition) is 2. The van der Waals surface area contributed by atoms with Crippen LogP contribution in [0.4, 0.5) is 5.13 Å². The molecule has 25 heavy (non-hydrogen) atoms. The molecule has 1 amide bonds. The Morgan fingerprint density at radius 3 is 2.24 bits per heavy atom. The molecule has 4 aromatic rings. The molecule has 1 aromatic heterocycles. The molecule has 4 rings (SSSR count). The first-order valence-electron chi connectivity index (χ1n) is 7.55. The summed E-state index contributed by atoms with van der Waals surface area (Å²) in [5, 5.41) is 14.2. The Morgan fingerprint density at radius 2 is 1.56 bits per heavy atom. The predicted octanol–water partition coefficient (Wildman–Crippen LogP) is 4.40. The lowest BCUT2D eigenvalue weighted by Crippen LogP contribution is -2.16. The number of nitrogens with zero attached hydrogens (tertiary/aromatic N) is 1. The van der Waals surface area contributed by atoms with E-state index in [1.807, 2.05) is 48.5 Å². The van der Waals surface area contributed by atoms with E-state index >= 15 is 0 Å². The number of rotatable bonds is 3. The average Bonchev–Trinajstić information content (AvgIpc) is 3.02. The maximum atomic E-state index is 12.7. The number of benzene rings is 3. The highest BCUT2D eigenvalue weighted by molar-refractivity contribution is 7.22. The Balaban J connectivity index is 1.75. The molecule has 5 nitrogen and oxygen atoms in total. The van der Waals surface area contributed by atoms with Gasteiger partial charge in [-0.05, 0) is 35.0 Å². The molecule has 3 aromatic carbocycles. The minimum atomic E-state index is -1.14. The van der Waals surface area contributed by atoms with Crippen molar-refractivity contribution in [2.24, 2.45) is 0 Å². The number of carboxylic acid groups (broad SMARTS) is 1. The molecular weight excluding hydrogens is 336 g/mol. The number of nitrogens with one attached hydrogen (secondary N) is 1. The van der Waals surface area contributed by atoms with Gasteiger partial charge in [0.1, 0.15) is 0 Å². The third-order valence-electron chi connectivity index (χ3n) is 3.88. The van der Waals surface area contributed by atoms with Gasteiger partial charge in [-0.1, -0.05) is 47.7 Å². The van der Waals surface area contributed by atoms with Crippen LogP contribution in [-0.2, 0) is 0 Å². The maximum Gasteiger partial charge on any atom is 0.336 e. The van der Waals surface area contributed by atoms with Crippen LogP contribution in [0.25, 0.3) is 21.0 Å². The fourth-order valence-corrected chi connectivity index (χ4v) is 3.56. The minimum absolute atomic E-state index is 0.0303. The van der Waals surface area contributed by atoms with Crippen molar-refractivity contribution >= 4 is 49.3 Å². The van der Waals surface area contributed by atoms with Gasteiger partial charge in [0.15, 0.2) is 5.13 Å². The summed E-state index contributed by atoms with van der Waals surface area (Å²) >= 11 is 1.35. The summed E-state index contributed by atoms with van der Waals surface area (Å²) < 4.78 is 0.953. The van der Waals surface area contributed by atoms with Crippen LogP contribution < -0.4 is 5.32 Å². The van der Waals surface area contributed by atoms with Crippen molar-refractivity contribution in [3.8, 4) is 0 Å². The van der Waals surface area contributed by atoms with Gasteiger partial charge in [0.05, 0.1) is 21.3 Å². The first-order chi connectivity index (χ1) is 12.1. The van der Waals surface area contributed by atoms with Gasteiger partial charge in [0.25, 0.3) is 5.91 Å². The molecule has 122 valence electrons. The average molecular weight is 348 g/mol. The Morgan fingerprint density at radius 1 is 0.920 bits per heavy atom. The molecule has 1 heterocycles. The van der Waals surface area contributed by atoms with Crippen molar-refractivity contribution in [2.75, 3.05) is 5.32 Å². The lowest BCUT2D eigenvalue weighted by Gasteiger charge is -2.08. The molecule has 0 fully saturated rings. The Hall–Kier alpha value is -3.25. The second-order valence-electron chi connectivity index (χ2n) is 5.49. The van der Waals surface area contributed by atoms with Crippen LogP contribution in [0.1, 0.15) is 20.7 Å². The van der Waals surface area contributed by atoms with Crippen molar-refractivity contribution in [3.05, 3.63) is 71.8 Å². The van der Waals surface area contributed by atoms with Crippen LogP contribution in [-0.4, -0.2) is 22.0 Å². The fraction of sp³-hybridized carbons (Fsp3) is 0. The highest BCUT2D eigenvalue weighted by atomic mass is 32.1. The molecule has 0 aliphatic carbocycles. The monoisotopic (exact) mass is 348 g/mol. The zero-order chi connectivity index (χ0) is 17.4. The normalized spacial score (nSPS) is 10.9. The van der Waals surface area contributed by atoms with Crippen LogP contribution in [0, 0.1) is 0 Å². The minimum Gasteiger partial charge on any atom is -0.478 e. The van der Waals surface area contributed by atoms with Gasteiger partial charge in [0, 0.05) is 0 Å². The third kappa shape index (κ3) is 2.83. The van der Waals surface area contributed by atoms with Gasteiger partial charge >= 0.3 is 5.97 Å². The first-order valence-corrected chi connectivity index (χ1v) is 8.36. The van der Waals surface area contributed by atoms with E-state index in [2.05, 4.69) is 10.3 Å². The summed E-state index contributed by atoms with van der Waals surface area (Å²) in [4.78, 5) is 28.6. The van der Waals surface area contributed by atoms with Crippen molar-refractivity contribution in [1.29, 1.82) is 0 Å². The summed E-state index contributed by atoms with van der Waals surface area (Å²) in [6.45, 7) is 0. The molecule has 0 saturated carbocycles. The second-order valence-corrected chi connectivity index (χ2v) is 6.52. The number of thiazole rings is 1. The van der Waals surface area contributed by atoms with E-state index in [-0.39, 0.29) is 11.1 Å². The zero-order valence-electron chi connectivity index (χ0n) is 12.9. The summed E-state index contributed by atoms with van der Waals surface area (Å²) in [6.07, 6.45) is 0. The van der Waals surface area contributed by atoms with Crippen LogP contribution in [0.2, 0.25) is 0 Å². The highest BCUT2D eigenvalue weighted by Crippen LogP contribution is 2.27. The predicted molar refractivity (Wildman–Crippen MR) is 98.5 cm³/mol. The number of fused-ring (bicyclic) bond motifs is 2. The van der Waals surface area contributed by atoms with Crippen LogP contribution >= 0.6 is 11.3 Å². The standard InChI is InChI=1S/C19H12N2O3S/c22-17(21-19-20-15-7-3-4-8-16(15)25-19)13-9-11-5-1-2-6-12(11)10-14(13)18(23)24/h1-10H,(H,23,24)(H,20,21,22). The summed E-state index contributed by atoms with van der Waals surface area (Å²) in [5.41, 5.74) is 0.877. The second kappa shape index (κ2) is 5.99. The number of para-hydroxylation sites is 1. The smallest absolute Gasteiger partial charge is 0.336 e.